The van der Waals surface area contributed by atoms with Crippen LogP contribution in [0.1, 0.15) is 21.7 Å². The Labute approximate surface area is 171 Å². The van der Waals surface area contributed by atoms with Gasteiger partial charge in [-0.2, -0.15) is 0 Å². The number of carbonyl (C=O) groups excluding carboxylic acids is 2. The third-order valence-electron chi connectivity index (χ3n) is 5.67. The Morgan fingerprint density at radius 3 is 2.57 bits per heavy atom. The molecule has 30 heavy (non-hydrogen) atoms. The molecule has 8 heteroatoms. The van der Waals surface area contributed by atoms with E-state index in [1.165, 1.54) is 4.90 Å². The Kier molecular flexibility index (Phi) is 3.41. The van der Waals surface area contributed by atoms with Crippen molar-refractivity contribution in [3.8, 4) is 11.5 Å². The van der Waals surface area contributed by atoms with Crippen molar-refractivity contribution in [2.75, 3.05) is 23.8 Å². The van der Waals surface area contributed by atoms with E-state index in [-0.39, 0.29) is 18.4 Å². The van der Waals surface area contributed by atoms with Gasteiger partial charge in [0.25, 0.3) is 11.8 Å². The molecule has 2 aromatic carbocycles. The highest BCUT2D eigenvalue weighted by Gasteiger charge is 2.57. The lowest BCUT2D eigenvalue weighted by atomic mass is 9.92. The molecule has 6 rings (SSSR count). The summed E-state index contributed by atoms with van der Waals surface area (Å²) in [7, 11) is 0. The van der Waals surface area contributed by atoms with Crippen LogP contribution in [0.15, 0.2) is 59.2 Å². The van der Waals surface area contributed by atoms with E-state index in [2.05, 4.69) is 10.6 Å². The predicted molar refractivity (Wildman–Crippen MR) is 106 cm³/mol. The van der Waals surface area contributed by atoms with Crippen molar-refractivity contribution >= 4 is 23.2 Å². The van der Waals surface area contributed by atoms with E-state index < -0.39 is 5.66 Å². The molecule has 0 bridgehead atoms. The smallest absolute Gasteiger partial charge is 0.276 e. The van der Waals surface area contributed by atoms with E-state index in [1.807, 2.05) is 6.07 Å². The van der Waals surface area contributed by atoms with E-state index >= 15 is 0 Å². The van der Waals surface area contributed by atoms with Gasteiger partial charge in [0.05, 0.1) is 24.1 Å². The number of anilines is 2. The molecule has 3 aromatic rings. The Bertz CT molecular complexity index is 1190. The second kappa shape index (κ2) is 6.03. The largest absolute Gasteiger partial charge is 0.486 e. The molecule has 150 valence electrons. The molecule has 1 spiro atoms. The molecule has 0 saturated heterocycles. The number of amides is 2. The summed E-state index contributed by atoms with van der Waals surface area (Å²) in [5.74, 6) is 1.06. The van der Waals surface area contributed by atoms with Crippen LogP contribution in [0.2, 0.25) is 0 Å². The summed E-state index contributed by atoms with van der Waals surface area (Å²) in [5.41, 5.74) is 0.827. The van der Waals surface area contributed by atoms with Crippen molar-refractivity contribution in [3.05, 3.63) is 71.7 Å². The second-order valence-corrected chi connectivity index (χ2v) is 7.35. The summed E-state index contributed by atoms with van der Waals surface area (Å²) >= 11 is 0. The van der Waals surface area contributed by atoms with E-state index in [4.69, 9.17) is 13.9 Å². The van der Waals surface area contributed by atoms with Gasteiger partial charge in [0, 0.05) is 17.3 Å². The first-order valence-corrected chi connectivity index (χ1v) is 9.64. The first-order valence-electron chi connectivity index (χ1n) is 9.64. The average molecular weight is 403 g/mol. The maximum atomic E-state index is 13.6. The minimum absolute atomic E-state index is 0.120. The number of benzene rings is 2. The molecule has 0 aliphatic carbocycles. The number of para-hydroxylation sites is 1. The Morgan fingerprint density at radius 1 is 0.967 bits per heavy atom. The minimum Gasteiger partial charge on any atom is -0.486 e. The quantitative estimate of drug-likeness (QED) is 0.684. The molecule has 0 saturated carbocycles. The lowest BCUT2D eigenvalue weighted by Gasteiger charge is -2.44. The van der Waals surface area contributed by atoms with E-state index in [0.717, 1.165) is 0 Å². The van der Waals surface area contributed by atoms with Crippen LogP contribution in [0, 0.1) is 0 Å². The Balaban J connectivity index is 1.57. The SMILES string of the molecule is O=C1c2ccccc2N[C@]2(C(=O)Nc3cc4c(cc32)OCCO4)N1Cc1ccco1. The molecule has 0 fully saturated rings. The maximum Gasteiger partial charge on any atom is 0.276 e. The van der Waals surface area contributed by atoms with Crippen molar-refractivity contribution in [3.63, 3.8) is 0 Å². The summed E-state index contributed by atoms with van der Waals surface area (Å²) in [6, 6.07) is 14.2. The van der Waals surface area contributed by atoms with Gasteiger partial charge in [-0.25, -0.2) is 0 Å². The summed E-state index contributed by atoms with van der Waals surface area (Å²) in [6.45, 7) is 0.986. The lowest BCUT2D eigenvalue weighted by molar-refractivity contribution is -0.125. The number of nitrogens with zero attached hydrogens (tertiary/aromatic N) is 1. The summed E-state index contributed by atoms with van der Waals surface area (Å²) in [6.07, 6.45) is 1.54. The number of carbonyl (C=O) groups is 2. The summed E-state index contributed by atoms with van der Waals surface area (Å²) in [5, 5.41) is 6.24. The van der Waals surface area contributed by atoms with Gasteiger partial charge in [-0.3, -0.25) is 14.5 Å². The second-order valence-electron chi connectivity index (χ2n) is 7.35. The third kappa shape index (κ3) is 2.21. The first kappa shape index (κ1) is 17.0. The van der Waals surface area contributed by atoms with Gasteiger partial charge in [-0.1, -0.05) is 12.1 Å². The number of rotatable bonds is 2. The molecular weight excluding hydrogens is 386 g/mol. The predicted octanol–water partition coefficient (Wildman–Crippen LogP) is 2.92. The molecular formula is C22H17N3O5. The van der Waals surface area contributed by atoms with Crippen molar-refractivity contribution in [1.82, 2.24) is 4.90 Å². The monoisotopic (exact) mass is 403 g/mol. The van der Waals surface area contributed by atoms with Gasteiger partial charge in [-0.15, -0.1) is 0 Å². The lowest BCUT2D eigenvalue weighted by Crippen LogP contribution is -2.60. The van der Waals surface area contributed by atoms with Crippen LogP contribution in [-0.4, -0.2) is 29.9 Å². The van der Waals surface area contributed by atoms with E-state index in [1.54, 1.807) is 48.7 Å². The Morgan fingerprint density at radius 2 is 1.77 bits per heavy atom. The van der Waals surface area contributed by atoms with E-state index in [9.17, 15) is 9.59 Å². The highest BCUT2D eigenvalue weighted by Crippen LogP contribution is 2.49. The maximum absolute atomic E-state index is 13.6. The molecule has 3 aliphatic rings. The van der Waals surface area contributed by atoms with E-state index in [0.29, 0.717) is 53.0 Å². The van der Waals surface area contributed by atoms with Crippen LogP contribution < -0.4 is 20.1 Å². The number of hydrogen-bond acceptors (Lipinski definition) is 6. The zero-order valence-corrected chi connectivity index (χ0v) is 15.8. The third-order valence-corrected chi connectivity index (χ3v) is 5.67. The Hall–Kier alpha value is -3.94. The normalized spacial score (nSPS) is 21.1. The molecule has 0 radical (unpaired) electrons. The van der Waals surface area contributed by atoms with Crippen molar-refractivity contribution in [1.29, 1.82) is 0 Å². The molecule has 1 atom stereocenters. The van der Waals surface area contributed by atoms with Crippen molar-refractivity contribution in [2.45, 2.75) is 12.2 Å². The number of nitrogens with one attached hydrogen (secondary N) is 2. The summed E-state index contributed by atoms with van der Waals surface area (Å²) < 4.78 is 16.9. The molecule has 4 heterocycles. The van der Waals surface area contributed by atoms with Gasteiger partial charge < -0.3 is 24.5 Å². The van der Waals surface area contributed by atoms with Gasteiger partial charge in [0.2, 0.25) is 5.66 Å². The summed E-state index contributed by atoms with van der Waals surface area (Å²) in [4.78, 5) is 28.5. The molecule has 2 N–H and O–H groups in total. The fourth-order valence-electron chi connectivity index (χ4n) is 4.31. The fourth-order valence-corrected chi connectivity index (χ4v) is 4.31. The topological polar surface area (TPSA) is 93.0 Å². The average Bonchev–Trinajstić information content (AvgIpc) is 3.36. The van der Waals surface area contributed by atoms with Crippen LogP contribution >= 0.6 is 0 Å². The number of fused-ring (bicyclic) bond motifs is 4. The zero-order valence-electron chi connectivity index (χ0n) is 15.8. The molecule has 2 amide bonds. The standard InChI is InChI=1S/C22H17N3O5/c26-20-14-5-1-2-6-16(14)24-22(25(20)12-13-4-3-7-28-13)15-10-18-19(30-9-8-29-18)11-17(15)23-21(22)27/h1-7,10-11,24H,8-9,12H2,(H,23,27)/t22-/m0/s1. The molecule has 0 unspecified atom stereocenters. The van der Waals surface area contributed by atoms with Gasteiger partial charge in [-0.05, 0) is 30.3 Å². The molecule has 8 nitrogen and oxygen atoms in total. The molecule has 1 aromatic heterocycles. The van der Waals surface area contributed by atoms with Crippen LogP contribution in [0.25, 0.3) is 0 Å². The van der Waals surface area contributed by atoms with Gasteiger partial charge in [0.1, 0.15) is 19.0 Å². The highest BCUT2D eigenvalue weighted by molar-refractivity contribution is 6.14. The number of furan rings is 1. The van der Waals surface area contributed by atoms with Crippen LogP contribution in [-0.2, 0) is 17.0 Å². The minimum atomic E-state index is -1.44. The molecule has 3 aliphatic heterocycles. The van der Waals surface area contributed by atoms with Crippen LogP contribution in [0.3, 0.4) is 0 Å². The number of hydrogen-bond donors (Lipinski definition) is 2. The fraction of sp³-hybridized carbons (Fsp3) is 0.182. The first-order chi connectivity index (χ1) is 14.7. The zero-order chi connectivity index (χ0) is 20.3. The van der Waals surface area contributed by atoms with Crippen molar-refractivity contribution < 1.29 is 23.5 Å². The van der Waals surface area contributed by atoms with Crippen LogP contribution in [0.5, 0.6) is 11.5 Å². The highest BCUT2D eigenvalue weighted by atomic mass is 16.6. The number of ether oxygens (including phenoxy) is 2. The van der Waals surface area contributed by atoms with Gasteiger partial charge in [0.15, 0.2) is 11.5 Å². The van der Waals surface area contributed by atoms with Crippen molar-refractivity contribution in [2.24, 2.45) is 0 Å². The van der Waals surface area contributed by atoms with Crippen LogP contribution in [0.4, 0.5) is 11.4 Å². The van der Waals surface area contributed by atoms with Gasteiger partial charge >= 0.3 is 0 Å².